The standard InChI is InChI=1S/C23H17FN2O4/c1-12-21(27)19-11-18(29-23(28)14-8-16(25)10-17(26)9-14)6-7-20(19)30-22(12)13-2-4-15(24)5-3-13/h2-11H,25-26H2,1H3. The molecule has 0 atom stereocenters. The largest absolute Gasteiger partial charge is 0.456 e. The van der Waals surface area contributed by atoms with Crippen LogP contribution in [0, 0.1) is 12.7 Å². The number of nitrogen functional groups attached to an aromatic ring is 2. The molecule has 0 spiro atoms. The quantitative estimate of drug-likeness (QED) is 0.300. The summed E-state index contributed by atoms with van der Waals surface area (Å²) in [6.45, 7) is 1.62. The summed E-state index contributed by atoms with van der Waals surface area (Å²) in [6.07, 6.45) is 0. The monoisotopic (exact) mass is 404 g/mol. The number of hydrogen-bond acceptors (Lipinski definition) is 6. The lowest BCUT2D eigenvalue weighted by Gasteiger charge is -2.09. The van der Waals surface area contributed by atoms with Gasteiger partial charge in [-0.15, -0.1) is 0 Å². The van der Waals surface area contributed by atoms with Crippen LogP contribution in [0.25, 0.3) is 22.3 Å². The van der Waals surface area contributed by atoms with Crippen LogP contribution in [0.5, 0.6) is 5.75 Å². The van der Waals surface area contributed by atoms with E-state index in [1.807, 2.05) is 0 Å². The van der Waals surface area contributed by atoms with E-state index < -0.39 is 5.97 Å². The highest BCUT2D eigenvalue weighted by Gasteiger charge is 2.15. The lowest BCUT2D eigenvalue weighted by atomic mass is 10.1. The van der Waals surface area contributed by atoms with Gasteiger partial charge in [0.1, 0.15) is 22.9 Å². The lowest BCUT2D eigenvalue weighted by Crippen LogP contribution is -2.11. The van der Waals surface area contributed by atoms with Crippen molar-refractivity contribution < 1.29 is 18.3 Å². The predicted octanol–water partition coefficient (Wildman–Crippen LogP) is 4.29. The molecule has 0 aliphatic carbocycles. The van der Waals surface area contributed by atoms with Crippen LogP contribution in [-0.4, -0.2) is 5.97 Å². The highest BCUT2D eigenvalue weighted by Crippen LogP contribution is 2.28. The van der Waals surface area contributed by atoms with Crippen molar-refractivity contribution in [3.05, 3.63) is 87.8 Å². The summed E-state index contributed by atoms with van der Waals surface area (Å²) in [4.78, 5) is 25.3. The third-order valence-electron chi connectivity index (χ3n) is 4.62. The number of esters is 1. The maximum atomic E-state index is 13.2. The third kappa shape index (κ3) is 3.60. The number of fused-ring (bicyclic) bond motifs is 1. The molecule has 0 bridgehead atoms. The summed E-state index contributed by atoms with van der Waals surface area (Å²) in [5.41, 5.74) is 13.3. The predicted molar refractivity (Wildman–Crippen MR) is 113 cm³/mol. The van der Waals surface area contributed by atoms with Crippen LogP contribution in [0.2, 0.25) is 0 Å². The summed E-state index contributed by atoms with van der Waals surface area (Å²) >= 11 is 0. The lowest BCUT2D eigenvalue weighted by molar-refractivity contribution is 0.0735. The molecule has 7 heteroatoms. The minimum absolute atomic E-state index is 0.176. The number of carbonyl (C=O) groups excluding carboxylic acids is 1. The van der Waals surface area contributed by atoms with Crippen molar-refractivity contribution in [1.82, 2.24) is 0 Å². The van der Waals surface area contributed by atoms with Crippen molar-refractivity contribution in [3.8, 4) is 17.1 Å². The maximum Gasteiger partial charge on any atom is 0.343 e. The van der Waals surface area contributed by atoms with E-state index in [-0.39, 0.29) is 27.9 Å². The molecule has 30 heavy (non-hydrogen) atoms. The number of rotatable bonds is 3. The fourth-order valence-corrected chi connectivity index (χ4v) is 3.17. The first-order valence-corrected chi connectivity index (χ1v) is 9.03. The van der Waals surface area contributed by atoms with Crippen LogP contribution in [0.4, 0.5) is 15.8 Å². The van der Waals surface area contributed by atoms with Crippen molar-refractivity contribution in [2.75, 3.05) is 11.5 Å². The van der Waals surface area contributed by atoms with E-state index in [0.717, 1.165) is 0 Å². The zero-order chi connectivity index (χ0) is 21.4. The average Bonchev–Trinajstić information content (AvgIpc) is 2.71. The van der Waals surface area contributed by atoms with Gasteiger partial charge in [0, 0.05) is 22.5 Å². The molecule has 0 radical (unpaired) electrons. The van der Waals surface area contributed by atoms with Gasteiger partial charge in [0.25, 0.3) is 0 Å². The molecular formula is C23H17FN2O4. The Kier molecular flexibility index (Phi) is 4.71. The van der Waals surface area contributed by atoms with Crippen molar-refractivity contribution >= 4 is 28.3 Å². The molecule has 0 fully saturated rings. The molecule has 6 nitrogen and oxygen atoms in total. The molecule has 0 saturated heterocycles. The van der Waals surface area contributed by atoms with E-state index >= 15 is 0 Å². The van der Waals surface area contributed by atoms with E-state index in [4.69, 9.17) is 20.6 Å². The van der Waals surface area contributed by atoms with Crippen molar-refractivity contribution in [2.45, 2.75) is 6.92 Å². The molecule has 0 amide bonds. The molecule has 0 aliphatic rings. The Morgan fingerprint density at radius 3 is 2.30 bits per heavy atom. The van der Waals surface area contributed by atoms with Crippen LogP contribution in [0.15, 0.2) is 69.9 Å². The van der Waals surface area contributed by atoms with Gasteiger partial charge in [-0.1, -0.05) is 0 Å². The Hall–Kier alpha value is -4.13. The molecule has 4 aromatic rings. The van der Waals surface area contributed by atoms with Crippen molar-refractivity contribution in [3.63, 3.8) is 0 Å². The van der Waals surface area contributed by atoms with Crippen molar-refractivity contribution in [2.24, 2.45) is 0 Å². The van der Waals surface area contributed by atoms with E-state index in [0.29, 0.717) is 33.8 Å². The first kappa shape index (κ1) is 19.2. The molecule has 4 rings (SSSR count). The van der Waals surface area contributed by atoms with Crippen LogP contribution < -0.4 is 21.6 Å². The fourth-order valence-electron chi connectivity index (χ4n) is 3.17. The molecule has 150 valence electrons. The summed E-state index contributed by atoms with van der Waals surface area (Å²) < 4.78 is 24.5. The Balaban J connectivity index is 1.72. The van der Waals surface area contributed by atoms with E-state index in [2.05, 4.69) is 0 Å². The number of carbonyl (C=O) groups is 1. The Labute approximate surface area is 170 Å². The van der Waals surface area contributed by atoms with Gasteiger partial charge < -0.3 is 20.6 Å². The van der Waals surface area contributed by atoms with Gasteiger partial charge in [-0.05, 0) is 67.6 Å². The van der Waals surface area contributed by atoms with Gasteiger partial charge >= 0.3 is 5.97 Å². The van der Waals surface area contributed by atoms with Gasteiger partial charge in [0.05, 0.1) is 10.9 Å². The smallest absolute Gasteiger partial charge is 0.343 e. The number of benzene rings is 3. The highest BCUT2D eigenvalue weighted by molar-refractivity contribution is 5.93. The Morgan fingerprint density at radius 2 is 1.63 bits per heavy atom. The van der Waals surface area contributed by atoms with Gasteiger partial charge in [-0.3, -0.25) is 4.79 Å². The Morgan fingerprint density at radius 1 is 0.967 bits per heavy atom. The van der Waals surface area contributed by atoms with Gasteiger partial charge in [0.2, 0.25) is 0 Å². The molecule has 4 N–H and O–H groups in total. The summed E-state index contributed by atoms with van der Waals surface area (Å²) in [5, 5.41) is 0.260. The van der Waals surface area contributed by atoms with E-state index in [1.54, 1.807) is 25.1 Å². The molecule has 0 saturated carbocycles. The third-order valence-corrected chi connectivity index (χ3v) is 4.62. The zero-order valence-corrected chi connectivity index (χ0v) is 15.9. The first-order chi connectivity index (χ1) is 14.3. The normalized spacial score (nSPS) is 10.9. The second-order valence-electron chi connectivity index (χ2n) is 6.83. The topological polar surface area (TPSA) is 109 Å². The molecular weight excluding hydrogens is 387 g/mol. The number of halogens is 1. The van der Waals surface area contributed by atoms with Crippen LogP contribution in [0.1, 0.15) is 15.9 Å². The number of ether oxygens (including phenoxy) is 1. The number of anilines is 2. The minimum Gasteiger partial charge on any atom is -0.456 e. The summed E-state index contributed by atoms with van der Waals surface area (Å²) in [6, 6.07) is 14.6. The second kappa shape index (κ2) is 7.36. The van der Waals surface area contributed by atoms with Crippen LogP contribution in [0.3, 0.4) is 0 Å². The fraction of sp³-hybridized carbons (Fsp3) is 0.0435. The van der Waals surface area contributed by atoms with Crippen LogP contribution >= 0.6 is 0 Å². The second-order valence-corrected chi connectivity index (χ2v) is 6.83. The average molecular weight is 404 g/mol. The molecule has 0 aliphatic heterocycles. The maximum absolute atomic E-state index is 13.2. The first-order valence-electron chi connectivity index (χ1n) is 9.03. The molecule has 1 aromatic heterocycles. The van der Waals surface area contributed by atoms with Gasteiger partial charge in [0.15, 0.2) is 5.43 Å². The van der Waals surface area contributed by atoms with Crippen molar-refractivity contribution in [1.29, 1.82) is 0 Å². The molecule has 3 aromatic carbocycles. The van der Waals surface area contributed by atoms with E-state index in [9.17, 15) is 14.0 Å². The van der Waals surface area contributed by atoms with Crippen LogP contribution in [-0.2, 0) is 0 Å². The number of hydrogen-bond donors (Lipinski definition) is 2. The molecule has 1 heterocycles. The number of nitrogens with two attached hydrogens (primary N) is 2. The SMILES string of the molecule is Cc1c(-c2ccc(F)cc2)oc2ccc(OC(=O)c3cc(N)cc(N)c3)cc2c1=O. The van der Waals surface area contributed by atoms with E-state index in [1.165, 1.54) is 42.5 Å². The van der Waals surface area contributed by atoms with Gasteiger partial charge in [-0.2, -0.15) is 0 Å². The highest BCUT2D eigenvalue weighted by atomic mass is 19.1. The molecule has 0 unspecified atom stereocenters. The zero-order valence-electron chi connectivity index (χ0n) is 15.9. The van der Waals surface area contributed by atoms with Gasteiger partial charge in [-0.25, -0.2) is 9.18 Å². The Bertz CT molecular complexity index is 1320. The minimum atomic E-state index is -0.655. The summed E-state index contributed by atoms with van der Waals surface area (Å²) in [7, 11) is 0. The summed E-state index contributed by atoms with van der Waals surface area (Å²) in [5.74, 6) is -0.507.